The molecule has 0 saturated heterocycles. The Kier molecular flexibility index (Phi) is 7.99. The molecule has 21 heavy (non-hydrogen) atoms. The standard InChI is InChI=1S/C11H19NO9/c1-4(14)12-8(5(15)2-6(16)11(20)21)10(19)9(18)7(17)3-13/h5,7-10,13,15,17-19H,2-3H2,1H3,(H,12,14)(H,20,21)/t5-,7+,8+,9+,10+/m1/s1. The first-order chi connectivity index (χ1) is 9.61. The summed E-state index contributed by atoms with van der Waals surface area (Å²) in [7, 11) is 0. The molecule has 0 rings (SSSR count). The summed E-state index contributed by atoms with van der Waals surface area (Å²) in [5, 5.41) is 57.4. The number of nitrogens with one attached hydrogen (secondary N) is 1. The predicted molar refractivity (Wildman–Crippen MR) is 66.0 cm³/mol. The van der Waals surface area contributed by atoms with Crippen molar-refractivity contribution in [3.63, 3.8) is 0 Å². The molecular formula is C11H19NO9. The molecule has 0 aromatic rings. The van der Waals surface area contributed by atoms with E-state index >= 15 is 0 Å². The zero-order valence-corrected chi connectivity index (χ0v) is 11.2. The fourth-order valence-corrected chi connectivity index (χ4v) is 1.60. The van der Waals surface area contributed by atoms with Crippen LogP contribution in [0.1, 0.15) is 13.3 Å². The zero-order chi connectivity index (χ0) is 16.7. The first-order valence-corrected chi connectivity index (χ1v) is 5.98. The molecule has 0 heterocycles. The van der Waals surface area contributed by atoms with Gasteiger partial charge in [0, 0.05) is 13.3 Å². The summed E-state index contributed by atoms with van der Waals surface area (Å²) >= 11 is 0. The van der Waals surface area contributed by atoms with E-state index in [0.717, 1.165) is 6.92 Å². The number of carbonyl (C=O) groups excluding carboxylic acids is 2. The Morgan fingerprint density at radius 2 is 1.52 bits per heavy atom. The van der Waals surface area contributed by atoms with Crippen molar-refractivity contribution in [3.05, 3.63) is 0 Å². The summed E-state index contributed by atoms with van der Waals surface area (Å²) in [4.78, 5) is 32.4. The second kappa shape index (κ2) is 8.64. The Balaban J connectivity index is 5.04. The molecule has 5 atom stereocenters. The minimum absolute atomic E-state index is 0.730. The topological polar surface area (TPSA) is 185 Å². The number of amides is 1. The molecule has 0 aromatic heterocycles. The van der Waals surface area contributed by atoms with Crippen molar-refractivity contribution in [1.29, 1.82) is 0 Å². The average Bonchev–Trinajstić information content (AvgIpc) is 2.41. The van der Waals surface area contributed by atoms with E-state index in [2.05, 4.69) is 0 Å². The summed E-state index contributed by atoms with van der Waals surface area (Å²) in [5.74, 6) is -3.89. The molecule has 0 spiro atoms. The van der Waals surface area contributed by atoms with Gasteiger partial charge in [-0.05, 0) is 0 Å². The zero-order valence-electron chi connectivity index (χ0n) is 11.2. The summed E-state index contributed by atoms with van der Waals surface area (Å²) < 4.78 is 0. The lowest BCUT2D eigenvalue weighted by molar-refractivity contribution is -0.151. The Morgan fingerprint density at radius 1 is 1.00 bits per heavy atom. The molecule has 0 fully saturated rings. The molecule has 0 saturated carbocycles. The minimum atomic E-state index is -1.94. The van der Waals surface area contributed by atoms with Gasteiger partial charge in [-0.15, -0.1) is 0 Å². The Bertz CT molecular complexity index is 386. The maximum Gasteiger partial charge on any atom is 0.372 e. The molecule has 10 heteroatoms. The van der Waals surface area contributed by atoms with Gasteiger partial charge in [-0.1, -0.05) is 0 Å². The molecule has 1 amide bonds. The number of hydrogen-bond donors (Lipinski definition) is 7. The number of carbonyl (C=O) groups is 3. The van der Waals surface area contributed by atoms with Crippen LogP contribution in [0, 0.1) is 0 Å². The maximum atomic E-state index is 11.0. The fourth-order valence-electron chi connectivity index (χ4n) is 1.60. The molecule has 10 nitrogen and oxygen atoms in total. The van der Waals surface area contributed by atoms with Gasteiger partial charge in [0.1, 0.15) is 18.3 Å². The van der Waals surface area contributed by atoms with Crippen LogP contribution in [-0.2, 0) is 14.4 Å². The van der Waals surface area contributed by atoms with E-state index in [1.165, 1.54) is 0 Å². The van der Waals surface area contributed by atoms with E-state index in [-0.39, 0.29) is 0 Å². The maximum absolute atomic E-state index is 11.0. The molecule has 0 bridgehead atoms. The van der Waals surface area contributed by atoms with Crippen molar-refractivity contribution >= 4 is 17.7 Å². The average molecular weight is 309 g/mol. The number of rotatable bonds is 9. The second-order valence-electron chi connectivity index (χ2n) is 4.46. The quantitative estimate of drug-likeness (QED) is 0.208. The van der Waals surface area contributed by atoms with E-state index in [1.54, 1.807) is 0 Å². The smallest absolute Gasteiger partial charge is 0.372 e. The first kappa shape index (κ1) is 19.4. The van der Waals surface area contributed by atoms with E-state index in [4.69, 9.17) is 10.2 Å². The van der Waals surface area contributed by atoms with E-state index < -0.39 is 61.1 Å². The van der Waals surface area contributed by atoms with Gasteiger partial charge in [-0.2, -0.15) is 0 Å². The molecule has 122 valence electrons. The second-order valence-corrected chi connectivity index (χ2v) is 4.46. The van der Waals surface area contributed by atoms with Crippen molar-refractivity contribution in [2.75, 3.05) is 6.61 Å². The number of aliphatic hydroxyl groups is 5. The molecular weight excluding hydrogens is 290 g/mol. The van der Waals surface area contributed by atoms with Gasteiger partial charge in [-0.25, -0.2) is 4.79 Å². The number of hydrogen-bond acceptors (Lipinski definition) is 8. The number of ketones is 1. The van der Waals surface area contributed by atoms with Crippen molar-refractivity contribution in [2.24, 2.45) is 0 Å². The summed E-state index contributed by atoms with van der Waals surface area (Å²) in [6, 6.07) is -1.61. The third-order valence-electron chi connectivity index (χ3n) is 2.72. The number of Topliss-reactive ketones (excluding diaryl/α,β-unsaturated/α-hetero) is 1. The van der Waals surface area contributed by atoms with Gasteiger partial charge in [-0.3, -0.25) is 9.59 Å². The van der Waals surface area contributed by atoms with Crippen molar-refractivity contribution in [2.45, 2.75) is 43.8 Å². The lowest BCUT2D eigenvalue weighted by Gasteiger charge is -2.32. The van der Waals surface area contributed by atoms with Crippen molar-refractivity contribution in [1.82, 2.24) is 5.32 Å². The van der Waals surface area contributed by atoms with Gasteiger partial charge in [0.15, 0.2) is 0 Å². The highest BCUT2D eigenvalue weighted by atomic mass is 16.4. The number of aliphatic carboxylic acids is 1. The predicted octanol–water partition coefficient (Wildman–Crippen LogP) is -4.03. The highest BCUT2D eigenvalue weighted by molar-refractivity contribution is 6.32. The molecule has 0 radical (unpaired) electrons. The lowest BCUT2D eigenvalue weighted by Crippen LogP contribution is -2.57. The van der Waals surface area contributed by atoms with Gasteiger partial charge in [0.05, 0.1) is 18.8 Å². The highest BCUT2D eigenvalue weighted by Crippen LogP contribution is 2.11. The molecule has 0 unspecified atom stereocenters. The summed E-state index contributed by atoms with van der Waals surface area (Å²) in [6.07, 6.45) is -8.35. The van der Waals surface area contributed by atoms with E-state index in [0.29, 0.717) is 0 Å². The third kappa shape index (κ3) is 6.14. The van der Waals surface area contributed by atoms with Crippen LogP contribution in [0.4, 0.5) is 0 Å². The Hall–Kier alpha value is -1.59. The first-order valence-electron chi connectivity index (χ1n) is 5.98. The van der Waals surface area contributed by atoms with Crippen LogP contribution in [-0.4, -0.2) is 85.4 Å². The van der Waals surface area contributed by atoms with Crippen molar-refractivity contribution < 1.29 is 45.0 Å². The van der Waals surface area contributed by atoms with Gasteiger partial charge >= 0.3 is 5.97 Å². The number of aliphatic hydroxyl groups excluding tert-OH is 5. The third-order valence-corrected chi connectivity index (χ3v) is 2.72. The minimum Gasteiger partial charge on any atom is -0.475 e. The van der Waals surface area contributed by atoms with Crippen LogP contribution in [0.3, 0.4) is 0 Å². The number of carboxylic acids is 1. The van der Waals surface area contributed by atoms with E-state index in [9.17, 15) is 34.8 Å². The summed E-state index contributed by atoms with van der Waals surface area (Å²) in [6.45, 7) is 0.134. The molecule has 0 aliphatic rings. The molecule has 7 N–H and O–H groups in total. The highest BCUT2D eigenvalue weighted by Gasteiger charge is 2.37. The fraction of sp³-hybridized carbons (Fsp3) is 0.727. The Labute approximate surface area is 119 Å². The van der Waals surface area contributed by atoms with Gasteiger partial charge < -0.3 is 36.0 Å². The van der Waals surface area contributed by atoms with Gasteiger partial charge in [0.2, 0.25) is 11.7 Å². The lowest BCUT2D eigenvalue weighted by atomic mass is 9.94. The normalized spacial score (nSPS) is 18.2. The summed E-state index contributed by atoms with van der Waals surface area (Å²) in [5.41, 5.74) is 0. The largest absolute Gasteiger partial charge is 0.475 e. The van der Waals surface area contributed by atoms with Crippen LogP contribution in [0.15, 0.2) is 0 Å². The molecule has 0 aliphatic heterocycles. The van der Waals surface area contributed by atoms with Gasteiger partial charge in [0.25, 0.3) is 0 Å². The van der Waals surface area contributed by atoms with Crippen LogP contribution >= 0.6 is 0 Å². The van der Waals surface area contributed by atoms with E-state index in [1.807, 2.05) is 5.32 Å². The van der Waals surface area contributed by atoms with Crippen LogP contribution in [0.25, 0.3) is 0 Å². The van der Waals surface area contributed by atoms with Crippen molar-refractivity contribution in [3.8, 4) is 0 Å². The Morgan fingerprint density at radius 3 is 1.90 bits per heavy atom. The van der Waals surface area contributed by atoms with Crippen LogP contribution < -0.4 is 5.32 Å². The van der Waals surface area contributed by atoms with Crippen LogP contribution in [0.5, 0.6) is 0 Å². The molecule has 0 aliphatic carbocycles. The SMILES string of the molecule is CC(=O)N[C@H]([C@H](O)[C@@H](O)[C@@H](O)CO)[C@H](O)CC(=O)C(=O)O. The monoisotopic (exact) mass is 309 g/mol. The number of carboxylic acid groups (broad SMARTS) is 1. The van der Waals surface area contributed by atoms with Crippen LogP contribution in [0.2, 0.25) is 0 Å². The molecule has 0 aromatic carbocycles.